The van der Waals surface area contributed by atoms with Gasteiger partial charge in [0.05, 0.1) is 11.7 Å². The lowest BCUT2D eigenvalue weighted by Gasteiger charge is -2.37. The molecule has 2 aliphatic rings. The van der Waals surface area contributed by atoms with E-state index in [1.54, 1.807) is 6.92 Å². The van der Waals surface area contributed by atoms with Crippen molar-refractivity contribution in [2.24, 2.45) is 11.3 Å². The van der Waals surface area contributed by atoms with Crippen LogP contribution in [-0.2, 0) is 19.6 Å². The quantitative estimate of drug-likeness (QED) is 0.823. The highest BCUT2D eigenvalue weighted by atomic mass is 32.2. The van der Waals surface area contributed by atoms with Crippen LogP contribution in [0.25, 0.3) is 0 Å². The molecule has 2 saturated heterocycles. The van der Waals surface area contributed by atoms with E-state index in [2.05, 4.69) is 5.32 Å². The van der Waals surface area contributed by atoms with Crippen molar-refractivity contribution in [3.05, 3.63) is 0 Å². The van der Waals surface area contributed by atoms with E-state index in [0.29, 0.717) is 26.3 Å². The zero-order valence-corrected chi connectivity index (χ0v) is 13.9. The molecule has 0 aliphatic carbocycles. The molecule has 0 bridgehead atoms. The van der Waals surface area contributed by atoms with Crippen LogP contribution >= 0.6 is 0 Å². The van der Waals surface area contributed by atoms with Crippen molar-refractivity contribution < 1.29 is 17.9 Å². The maximum absolute atomic E-state index is 12.5. The van der Waals surface area contributed by atoms with Crippen LogP contribution in [0.1, 0.15) is 33.6 Å². The molecule has 0 aromatic rings. The van der Waals surface area contributed by atoms with E-state index in [-0.39, 0.29) is 29.0 Å². The van der Waals surface area contributed by atoms with Gasteiger partial charge >= 0.3 is 0 Å². The number of hydrogen-bond acceptors (Lipinski definition) is 4. The molecule has 2 fully saturated rings. The predicted octanol–water partition coefficient (Wildman–Crippen LogP) is 0.589. The number of ether oxygens (including phenoxy) is 1. The number of nitrogens with zero attached hydrogens (tertiary/aromatic N) is 1. The second-order valence-electron chi connectivity index (χ2n) is 6.38. The lowest BCUT2D eigenvalue weighted by Crippen LogP contribution is -2.46. The Kier molecular flexibility index (Phi) is 4.95. The maximum atomic E-state index is 12.5. The first kappa shape index (κ1) is 16.7. The summed E-state index contributed by atoms with van der Waals surface area (Å²) in [6.45, 7) is 7.44. The van der Waals surface area contributed by atoms with Crippen LogP contribution in [0, 0.1) is 11.3 Å². The fraction of sp³-hybridized carbons (Fsp3) is 0.929. The van der Waals surface area contributed by atoms with Gasteiger partial charge in [0.15, 0.2) is 0 Å². The summed E-state index contributed by atoms with van der Waals surface area (Å²) >= 11 is 0. The van der Waals surface area contributed by atoms with Gasteiger partial charge < -0.3 is 10.1 Å². The average Bonchev–Trinajstić information content (AvgIpc) is 2.79. The van der Waals surface area contributed by atoms with E-state index in [9.17, 15) is 13.2 Å². The summed E-state index contributed by atoms with van der Waals surface area (Å²) < 4.78 is 31.3. The van der Waals surface area contributed by atoms with Gasteiger partial charge in [-0.05, 0) is 33.6 Å². The Morgan fingerprint density at radius 1 is 1.38 bits per heavy atom. The highest BCUT2D eigenvalue weighted by molar-refractivity contribution is 7.89. The number of sulfonamides is 1. The summed E-state index contributed by atoms with van der Waals surface area (Å²) in [6.07, 6.45) is 1.50. The highest BCUT2D eigenvalue weighted by Gasteiger charge is 2.52. The zero-order chi connectivity index (χ0) is 15.7. The van der Waals surface area contributed by atoms with E-state index in [1.807, 2.05) is 13.8 Å². The van der Waals surface area contributed by atoms with Gasteiger partial charge in [-0.25, -0.2) is 12.7 Å². The first-order valence-electron chi connectivity index (χ1n) is 7.67. The van der Waals surface area contributed by atoms with Crippen LogP contribution in [-0.4, -0.2) is 56.7 Å². The molecule has 1 N–H and O–H groups in total. The number of nitrogens with one attached hydrogen (secondary N) is 1. The molecule has 1 spiro atoms. The smallest absolute Gasteiger partial charge is 0.225 e. The maximum Gasteiger partial charge on any atom is 0.225 e. The molecule has 6 nitrogen and oxygen atoms in total. The molecule has 1 atom stereocenters. The monoisotopic (exact) mass is 318 g/mol. The number of hydrogen-bond donors (Lipinski definition) is 1. The normalized spacial score (nSPS) is 26.4. The number of carbonyl (C=O) groups excluding carboxylic acids is 1. The van der Waals surface area contributed by atoms with E-state index in [0.717, 1.165) is 12.8 Å². The second-order valence-corrected chi connectivity index (χ2v) is 8.64. The molecule has 0 saturated carbocycles. The van der Waals surface area contributed by atoms with E-state index in [4.69, 9.17) is 4.74 Å². The first-order valence-corrected chi connectivity index (χ1v) is 9.27. The molecule has 0 aromatic carbocycles. The number of amides is 1. The van der Waals surface area contributed by atoms with Crippen molar-refractivity contribution in [2.75, 3.05) is 32.1 Å². The van der Waals surface area contributed by atoms with Gasteiger partial charge in [0, 0.05) is 37.8 Å². The Hall–Kier alpha value is -0.660. The molecule has 1 amide bonds. The topological polar surface area (TPSA) is 75.7 Å². The van der Waals surface area contributed by atoms with Gasteiger partial charge in [-0.15, -0.1) is 0 Å². The van der Waals surface area contributed by atoms with Crippen LogP contribution < -0.4 is 5.32 Å². The lowest BCUT2D eigenvalue weighted by atomic mass is 9.71. The third kappa shape index (κ3) is 3.40. The number of carbonyl (C=O) groups is 1. The second kappa shape index (κ2) is 6.22. The van der Waals surface area contributed by atoms with Crippen LogP contribution in [0.3, 0.4) is 0 Å². The SMILES string of the molecule is CCS(=O)(=O)N1CC(C(=O)NC(C)C)C2(CCOCC2)C1. The highest BCUT2D eigenvalue weighted by Crippen LogP contribution is 2.45. The summed E-state index contributed by atoms with van der Waals surface area (Å²) in [6, 6.07) is 0.0613. The Labute approximate surface area is 127 Å². The van der Waals surface area contributed by atoms with Gasteiger partial charge in [0.1, 0.15) is 0 Å². The standard InChI is InChI=1S/C14H26N2O4S/c1-4-21(18,19)16-9-12(13(17)15-11(2)3)14(10-16)5-7-20-8-6-14/h11-12H,4-10H2,1-3H3,(H,15,17). The summed E-state index contributed by atoms with van der Waals surface area (Å²) in [5.41, 5.74) is -0.264. The molecule has 2 rings (SSSR count). The fourth-order valence-electron chi connectivity index (χ4n) is 3.35. The molecule has 2 heterocycles. The van der Waals surface area contributed by atoms with Gasteiger partial charge in [-0.2, -0.15) is 0 Å². The zero-order valence-electron chi connectivity index (χ0n) is 13.1. The third-order valence-corrected chi connectivity index (χ3v) is 6.41. The molecule has 0 aromatic heterocycles. The summed E-state index contributed by atoms with van der Waals surface area (Å²) in [4.78, 5) is 12.5. The molecule has 21 heavy (non-hydrogen) atoms. The summed E-state index contributed by atoms with van der Waals surface area (Å²) in [5, 5.41) is 2.95. The average molecular weight is 318 g/mol. The third-order valence-electron chi connectivity index (χ3n) is 4.61. The Morgan fingerprint density at radius 3 is 2.52 bits per heavy atom. The molecular weight excluding hydrogens is 292 g/mol. The van der Waals surface area contributed by atoms with Gasteiger partial charge in [-0.1, -0.05) is 0 Å². The van der Waals surface area contributed by atoms with E-state index in [1.165, 1.54) is 4.31 Å². The van der Waals surface area contributed by atoms with Crippen molar-refractivity contribution in [1.29, 1.82) is 0 Å². The predicted molar refractivity (Wildman–Crippen MR) is 80.3 cm³/mol. The van der Waals surface area contributed by atoms with Gasteiger partial charge in [0.2, 0.25) is 15.9 Å². The fourth-order valence-corrected chi connectivity index (χ4v) is 4.54. The van der Waals surface area contributed by atoms with Crippen molar-refractivity contribution in [2.45, 2.75) is 39.7 Å². The molecule has 122 valence electrons. The van der Waals surface area contributed by atoms with Crippen LogP contribution in [0.15, 0.2) is 0 Å². The minimum Gasteiger partial charge on any atom is -0.381 e. The van der Waals surface area contributed by atoms with Crippen molar-refractivity contribution in [1.82, 2.24) is 9.62 Å². The molecular formula is C14H26N2O4S. The van der Waals surface area contributed by atoms with Gasteiger partial charge in [0.25, 0.3) is 0 Å². The minimum atomic E-state index is -3.26. The molecule has 2 aliphatic heterocycles. The Bertz CT molecular complexity index is 483. The Morgan fingerprint density at radius 2 is 2.00 bits per heavy atom. The lowest BCUT2D eigenvalue weighted by molar-refractivity contribution is -0.130. The van der Waals surface area contributed by atoms with Crippen molar-refractivity contribution in [3.63, 3.8) is 0 Å². The molecule has 0 radical (unpaired) electrons. The van der Waals surface area contributed by atoms with E-state index >= 15 is 0 Å². The largest absolute Gasteiger partial charge is 0.381 e. The van der Waals surface area contributed by atoms with Crippen molar-refractivity contribution >= 4 is 15.9 Å². The summed E-state index contributed by atoms with van der Waals surface area (Å²) in [5.74, 6) is -0.219. The Balaban J connectivity index is 2.24. The molecule has 7 heteroatoms. The first-order chi connectivity index (χ1) is 9.81. The van der Waals surface area contributed by atoms with Crippen LogP contribution in [0.4, 0.5) is 0 Å². The number of rotatable bonds is 4. The minimum absolute atomic E-state index is 0.0271. The van der Waals surface area contributed by atoms with E-state index < -0.39 is 10.0 Å². The van der Waals surface area contributed by atoms with Crippen LogP contribution in [0.5, 0.6) is 0 Å². The van der Waals surface area contributed by atoms with Gasteiger partial charge in [-0.3, -0.25) is 4.79 Å². The van der Waals surface area contributed by atoms with Crippen LogP contribution in [0.2, 0.25) is 0 Å². The summed E-state index contributed by atoms with van der Waals surface area (Å²) in [7, 11) is -3.26. The van der Waals surface area contributed by atoms with Crippen molar-refractivity contribution in [3.8, 4) is 0 Å². The molecule has 1 unspecified atom stereocenters.